The zero-order valence-corrected chi connectivity index (χ0v) is 14.2. The molecule has 0 aromatic carbocycles. The van der Waals surface area contributed by atoms with Gasteiger partial charge in [-0.05, 0) is 45.4 Å². The minimum atomic E-state index is -0.776. The predicted octanol–water partition coefficient (Wildman–Crippen LogP) is 1.28. The number of nitrogens with one attached hydrogen (secondary N) is 1. The van der Waals surface area contributed by atoms with E-state index < -0.39 is 5.97 Å². The van der Waals surface area contributed by atoms with Crippen molar-refractivity contribution in [1.82, 2.24) is 15.4 Å². The van der Waals surface area contributed by atoms with Crippen molar-refractivity contribution in [2.75, 3.05) is 13.1 Å². The number of hydrogen-bond acceptors (Lipinski definition) is 5. The highest BCUT2D eigenvalue weighted by Gasteiger charge is 2.37. The van der Waals surface area contributed by atoms with Gasteiger partial charge in [0.1, 0.15) is 5.76 Å². The Morgan fingerprint density at radius 2 is 2.04 bits per heavy atom. The molecule has 7 heteroatoms. The number of carboxylic acids is 1. The number of aryl methyl sites for hydroxylation is 2. The van der Waals surface area contributed by atoms with Gasteiger partial charge >= 0.3 is 5.97 Å². The number of carboxylic acid groups (broad SMARTS) is 1. The predicted molar refractivity (Wildman–Crippen MR) is 86.6 cm³/mol. The van der Waals surface area contributed by atoms with Crippen LogP contribution in [-0.2, 0) is 16.0 Å². The van der Waals surface area contributed by atoms with E-state index in [1.165, 1.54) is 12.8 Å². The first-order chi connectivity index (χ1) is 11.4. The summed E-state index contributed by atoms with van der Waals surface area (Å²) in [6.45, 7) is 4.61. The maximum atomic E-state index is 12.2. The van der Waals surface area contributed by atoms with Gasteiger partial charge in [0, 0.05) is 24.2 Å². The quantitative estimate of drug-likeness (QED) is 0.743. The summed E-state index contributed by atoms with van der Waals surface area (Å²) < 4.78 is 5.08. The number of nitrogens with zero attached hydrogens (tertiary/aromatic N) is 2. The van der Waals surface area contributed by atoms with Crippen molar-refractivity contribution >= 4 is 11.9 Å². The van der Waals surface area contributed by atoms with Gasteiger partial charge < -0.3 is 14.9 Å². The molecule has 3 rings (SSSR count). The number of aromatic nitrogens is 1. The molecular formula is C17H25N3O4. The molecule has 132 valence electrons. The monoisotopic (exact) mass is 335 g/mol. The fourth-order valence-electron chi connectivity index (χ4n) is 3.35. The lowest BCUT2D eigenvalue weighted by Crippen LogP contribution is -2.55. The molecule has 0 spiro atoms. The van der Waals surface area contributed by atoms with E-state index in [1.807, 2.05) is 13.8 Å². The summed E-state index contributed by atoms with van der Waals surface area (Å²) in [7, 11) is 0. The molecule has 24 heavy (non-hydrogen) atoms. The van der Waals surface area contributed by atoms with Crippen LogP contribution < -0.4 is 5.32 Å². The van der Waals surface area contributed by atoms with Gasteiger partial charge in [0.2, 0.25) is 5.91 Å². The fourth-order valence-corrected chi connectivity index (χ4v) is 3.35. The van der Waals surface area contributed by atoms with Crippen LogP contribution in [0.15, 0.2) is 4.52 Å². The number of rotatable bonds is 8. The van der Waals surface area contributed by atoms with E-state index >= 15 is 0 Å². The molecule has 0 atom stereocenters. The van der Waals surface area contributed by atoms with Crippen molar-refractivity contribution in [3.63, 3.8) is 0 Å². The molecule has 0 saturated heterocycles. The molecular weight excluding hydrogens is 310 g/mol. The van der Waals surface area contributed by atoms with Crippen LogP contribution in [-0.4, -0.2) is 52.2 Å². The average molecular weight is 335 g/mol. The largest absolute Gasteiger partial charge is 0.480 e. The van der Waals surface area contributed by atoms with Crippen molar-refractivity contribution in [2.24, 2.45) is 5.92 Å². The smallest absolute Gasteiger partial charge is 0.317 e. The molecule has 0 aliphatic heterocycles. The van der Waals surface area contributed by atoms with E-state index in [2.05, 4.69) is 15.4 Å². The van der Waals surface area contributed by atoms with Crippen molar-refractivity contribution in [3.05, 3.63) is 17.0 Å². The molecule has 1 aromatic rings. The van der Waals surface area contributed by atoms with E-state index in [1.54, 1.807) is 0 Å². The minimum Gasteiger partial charge on any atom is -0.480 e. The second kappa shape index (κ2) is 6.93. The number of amides is 1. The Hall–Kier alpha value is -1.89. The lowest BCUT2D eigenvalue weighted by Gasteiger charge is -2.42. The summed E-state index contributed by atoms with van der Waals surface area (Å²) in [6.07, 6.45) is 4.35. The second-order valence-electron chi connectivity index (χ2n) is 7.14. The maximum Gasteiger partial charge on any atom is 0.317 e. The van der Waals surface area contributed by atoms with Crippen molar-refractivity contribution < 1.29 is 19.2 Å². The molecule has 1 aromatic heterocycles. The van der Waals surface area contributed by atoms with Crippen molar-refractivity contribution in [1.29, 1.82) is 0 Å². The maximum absolute atomic E-state index is 12.2. The van der Waals surface area contributed by atoms with Crippen LogP contribution in [0.4, 0.5) is 0 Å². The summed E-state index contributed by atoms with van der Waals surface area (Å²) in [5.74, 6) is 0.546. The lowest BCUT2D eigenvalue weighted by molar-refractivity contribution is -0.140. The summed E-state index contributed by atoms with van der Waals surface area (Å²) in [5, 5.41) is 16.0. The number of hydrogen-bond donors (Lipinski definition) is 2. The Labute approximate surface area is 141 Å². The minimum absolute atomic E-state index is 0.0279. The number of aliphatic carboxylic acids is 1. The van der Waals surface area contributed by atoms with Crippen LogP contribution in [0.1, 0.15) is 42.7 Å². The topological polar surface area (TPSA) is 95.7 Å². The Kier molecular flexibility index (Phi) is 4.89. The third kappa shape index (κ3) is 4.14. The SMILES string of the molecule is Cc1noc(C)c1CC(=O)NC1CC(N(CC(=O)O)CC2CC2)C1. The third-order valence-electron chi connectivity index (χ3n) is 5.04. The van der Waals surface area contributed by atoms with Crippen LogP contribution in [0.3, 0.4) is 0 Å². The lowest BCUT2D eigenvalue weighted by atomic mass is 9.85. The van der Waals surface area contributed by atoms with E-state index in [9.17, 15) is 9.59 Å². The molecule has 1 heterocycles. The van der Waals surface area contributed by atoms with Gasteiger partial charge in [-0.25, -0.2) is 0 Å². The molecule has 7 nitrogen and oxygen atoms in total. The van der Waals surface area contributed by atoms with Crippen molar-refractivity contribution in [2.45, 2.75) is 58.0 Å². The summed E-state index contributed by atoms with van der Waals surface area (Å²) in [6, 6.07) is 0.407. The zero-order valence-electron chi connectivity index (χ0n) is 14.2. The normalized spacial score (nSPS) is 23.1. The first-order valence-corrected chi connectivity index (χ1v) is 8.59. The summed E-state index contributed by atoms with van der Waals surface area (Å²) >= 11 is 0. The molecule has 2 saturated carbocycles. The first-order valence-electron chi connectivity index (χ1n) is 8.59. The standard InChI is InChI=1S/C17H25N3O4/c1-10-15(11(2)24-19-10)7-16(21)18-13-5-14(6-13)20(9-17(22)23)8-12-3-4-12/h12-14H,3-9H2,1-2H3,(H,18,21)(H,22,23). The first kappa shape index (κ1) is 17.0. The van der Waals surface area contributed by atoms with Gasteiger partial charge in [-0.2, -0.15) is 0 Å². The van der Waals surface area contributed by atoms with E-state index in [4.69, 9.17) is 9.63 Å². The Morgan fingerprint density at radius 1 is 1.33 bits per heavy atom. The molecule has 2 aliphatic rings. The fraction of sp³-hybridized carbons (Fsp3) is 0.706. The molecule has 2 N–H and O–H groups in total. The van der Waals surface area contributed by atoms with Gasteiger partial charge in [-0.1, -0.05) is 5.16 Å². The Morgan fingerprint density at radius 3 is 2.58 bits per heavy atom. The highest BCUT2D eigenvalue weighted by Crippen LogP contribution is 2.33. The van der Waals surface area contributed by atoms with Crippen LogP contribution >= 0.6 is 0 Å². The number of carbonyl (C=O) groups is 2. The van der Waals surface area contributed by atoms with Gasteiger partial charge in [0.25, 0.3) is 0 Å². The van der Waals surface area contributed by atoms with Gasteiger partial charge in [-0.15, -0.1) is 0 Å². The molecule has 0 unspecified atom stereocenters. The Balaban J connectivity index is 1.45. The highest BCUT2D eigenvalue weighted by atomic mass is 16.5. The van der Waals surface area contributed by atoms with Crippen LogP contribution in [0.25, 0.3) is 0 Å². The molecule has 0 bridgehead atoms. The summed E-state index contributed by atoms with van der Waals surface area (Å²) in [5.41, 5.74) is 1.61. The molecule has 0 radical (unpaired) electrons. The van der Waals surface area contributed by atoms with E-state index in [-0.39, 0.29) is 31.0 Å². The van der Waals surface area contributed by atoms with Crippen LogP contribution in [0, 0.1) is 19.8 Å². The molecule has 1 amide bonds. The summed E-state index contributed by atoms with van der Waals surface area (Å²) in [4.78, 5) is 25.3. The average Bonchev–Trinajstić information content (AvgIpc) is 3.22. The van der Waals surface area contributed by atoms with Gasteiger partial charge in [-0.3, -0.25) is 14.5 Å². The zero-order chi connectivity index (χ0) is 17.3. The Bertz CT molecular complexity index is 598. The van der Waals surface area contributed by atoms with E-state index in [0.29, 0.717) is 11.7 Å². The number of carbonyl (C=O) groups excluding carboxylic acids is 1. The molecule has 2 aliphatic carbocycles. The second-order valence-corrected chi connectivity index (χ2v) is 7.14. The molecule has 2 fully saturated rings. The van der Waals surface area contributed by atoms with Crippen molar-refractivity contribution in [3.8, 4) is 0 Å². The van der Waals surface area contributed by atoms with Crippen LogP contribution in [0.5, 0.6) is 0 Å². The van der Waals surface area contributed by atoms with Gasteiger partial charge in [0.15, 0.2) is 0 Å². The van der Waals surface area contributed by atoms with Gasteiger partial charge in [0.05, 0.1) is 18.7 Å². The highest BCUT2D eigenvalue weighted by molar-refractivity contribution is 5.79. The van der Waals surface area contributed by atoms with E-state index in [0.717, 1.165) is 30.6 Å². The van der Waals surface area contributed by atoms with Crippen LogP contribution in [0.2, 0.25) is 0 Å². The third-order valence-corrected chi connectivity index (χ3v) is 5.04.